The van der Waals surface area contributed by atoms with Crippen LogP contribution in [0.15, 0.2) is 36.8 Å². The van der Waals surface area contributed by atoms with Crippen LogP contribution in [-0.4, -0.2) is 28.0 Å². The fourth-order valence-corrected chi connectivity index (χ4v) is 2.18. The van der Waals surface area contributed by atoms with Gasteiger partial charge in [-0.1, -0.05) is 6.08 Å². The Kier molecular flexibility index (Phi) is 4.24. The van der Waals surface area contributed by atoms with E-state index in [1.807, 2.05) is 6.08 Å². The third-order valence-electron chi connectivity index (χ3n) is 3.27. The molecule has 0 atom stereocenters. The van der Waals surface area contributed by atoms with Crippen molar-refractivity contribution in [3.63, 3.8) is 0 Å². The average molecular weight is 322 g/mol. The number of aromatic nitrogens is 3. The summed E-state index contributed by atoms with van der Waals surface area (Å²) in [5.41, 5.74) is 0.617. The summed E-state index contributed by atoms with van der Waals surface area (Å²) >= 11 is 0. The first-order valence-corrected chi connectivity index (χ1v) is 6.96. The van der Waals surface area contributed by atoms with Crippen LogP contribution in [0.5, 0.6) is 11.6 Å². The molecule has 1 aliphatic heterocycles. The van der Waals surface area contributed by atoms with Crippen LogP contribution >= 0.6 is 0 Å². The van der Waals surface area contributed by atoms with E-state index >= 15 is 0 Å². The minimum Gasteiger partial charge on any atom is -0.435 e. The lowest BCUT2D eigenvalue weighted by Gasteiger charge is -2.15. The maximum absolute atomic E-state index is 12.5. The summed E-state index contributed by atoms with van der Waals surface area (Å²) < 4.78 is 43.1. The number of pyridine rings is 1. The Morgan fingerprint density at radius 2 is 1.91 bits per heavy atom. The van der Waals surface area contributed by atoms with Gasteiger partial charge >= 0.3 is 6.18 Å². The van der Waals surface area contributed by atoms with Crippen LogP contribution in [0, 0.1) is 0 Å². The molecule has 120 valence electrons. The number of nitrogens with one attached hydrogen (secondary N) is 1. The lowest BCUT2D eigenvalue weighted by atomic mass is 10.1. The molecule has 0 saturated heterocycles. The summed E-state index contributed by atoms with van der Waals surface area (Å²) in [5.74, 6) is 0.427. The predicted octanol–water partition coefficient (Wildman–Crippen LogP) is 3.06. The zero-order valence-corrected chi connectivity index (χ0v) is 12.0. The molecule has 0 bridgehead atoms. The minimum absolute atomic E-state index is 0.175. The third-order valence-corrected chi connectivity index (χ3v) is 3.27. The van der Waals surface area contributed by atoms with E-state index < -0.39 is 11.9 Å². The molecular weight excluding hydrogens is 309 g/mol. The summed E-state index contributed by atoms with van der Waals surface area (Å²) in [4.78, 5) is 11.8. The summed E-state index contributed by atoms with van der Waals surface area (Å²) in [5, 5.41) is 3.19. The topological polar surface area (TPSA) is 59.9 Å². The first-order valence-electron chi connectivity index (χ1n) is 6.96. The molecular formula is C15H13F3N4O. The van der Waals surface area contributed by atoms with E-state index in [0.29, 0.717) is 5.69 Å². The lowest BCUT2D eigenvalue weighted by Crippen LogP contribution is -2.20. The largest absolute Gasteiger partial charge is 0.435 e. The van der Waals surface area contributed by atoms with E-state index in [0.717, 1.165) is 37.3 Å². The standard InChI is InChI=1S/C15H13F3N4O/c16-15(17,18)12-2-1-11(9-22-12)23-14-13(20-7-8-21-14)10-3-5-19-6-4-10/h1-3,7-9,19H,4-6H2. The van der Waals surface area contributed by atoms with Crippen molar-refractivity contribution >= 4 is 5.57 Å². The van der Waals surface area contributed by atoms with Gasteiger partial charge in [-0.2, -0.15) is 13.2 Å². The molecule has 3 heterocycles. The van der Waals surface area contributed by atoms with E-state index in [1.54, 1.807) is 6.20 Å². The van der Waals surface area contributed by atoms with Crippen LogP contribution in [-0.2, 0) is 6.18 Å². The smallest absolute Gasteiger partial charge is 0.433 e. The van der Waals surface area contributed by atoms with Crippen LogP contribution in [0.3, 0.4) is 0 Å². The molecule has 0 fully saturated rings. The number of rotatable bonds is 3. The van der Waals surface area contributed by atoms with Crippen molar-refractivity contribution in [2.24, 2.45) is 0 Å². The molecule has 2 aromatic rings. The molecule has 0 amide bonds. The van der Waals surface area contributed by atoms with Gasteiger partial charge in [-0.25, -0.2) is 15.0 Å². The molecule has 0 radical (unpaired) electrons. The molecule has 5 nitrogen and oxygen atoms in total. The van der Waals surface area contributed by atoms with Crippen LogP contribution in [0.4, 0.5) is 13.2 Å². The normalized spacial score (nSPS) is 15.2. The zero-order valence-electron chi connectivity index (χ0n) is 12.0. The molecule has 1 aliphatic rings. The molecule has 2 aromatic heterocycles. The first-order chi connectivity index (χ1) is 11.0. The lowest BCUT2D eigenvalue weighted by molar-refractivity contribution is -0.141. The fourth-order valence-electron chi connectivity index (χ4n) is 2.18. The Hall–Kier alpha value is -2.48. The van der Waals surface area contributed by atoms with Crippen molar-refractivity contribution in [1.29, 1.82) is 0 Å². The van der Waals surface area contributed by atoms with Crippen LogP contribution in [0.1, 0.15) is 17.8 Å². The second-order valence-electron chi connectivity index (χ2n) is 4.87. The highest BCUT2D eigenvalue weighted by Crippen LogP contribution is 2.31. The van der Waals surface area contributed by atoms with Crippen LogP contribution in [0.25, 0.3) is 5.57 Å². The van der Waals surface area contributed by atoms with Gasteiger partial charge in [0.1, 0.15) is 17.1 Å². The van der Waals surface area contributed by atoms with E-state index in [9.17, 15) is 13.2 Å². The van der Waals surface area contributed by atoms with Crippen molar-refractivity contribution in [2.75, 3.05) is 13.1 Å². The Labute approximate surface area is 130 Å². The van der Waals surface area contributed by atoms with Crippen LogP contribution < -0.4 is 10.1 Å². The predicted molar refractivity (Wildman–Crippen MR) is 76.8 cm³/mol. The third kappa shape index (κ3) is 3.65. The highest BCUT2D eigenvalue weighted by Gasteiger charge is 2.32. The molecule has 0 saturated carbocycles. The maximum atomic E-state index is 12.5. The number of hydrogen-bond acceptors (Lipinski definition) is 5. The first kappa shape index (κ1) is 15.4. The number of alkyl halides is 3. The molecule has 0 unspecified atom stereocenters. The quantitative estimate of drug-likeness (QED) is 0.941. The van der Waals surface area contributed by atoms with Gasteiger partial charge in [0, 0.05) is 18.9 Å². The summed E-state index contributed by atoms with van der Waals surface area (Å²) in [6, 6.07) is 2.08. The van der Waals surface area contributed by atoms with Crippen molar-refractivity contribution in [1.82, 2.24) is 20.3 Å². The van der Waals surface area contributed by atoms with E-state index in [4.69, 9.17) is 4.74 Å². The van der Waals surface area contributed by atoms with Gasteiger partial charge in [0.15, 0.2) is 0 Å². The molecule has 1 N–H and O–H groups in total. The number of nitrogens with zero attached hydrogens (tertiary/aromatic N) is 3. The van der Waals surface area contributed by atoms with Crippen molar-refractivity contribution in [2.45, 2.75) is 12.6 Å². The summed E-state index contributed by atoms with van der Waals surface area (Å²) in [6.45, 7) is 1.55. The number of ether oxygens (including phenoxy) is 1. The zero-order chi connectivity index (χ0) is 16.3. The summed E-state index contributed by atoms with van der Waals surface area (Å²) in [6.07, 6.45) is 2.34. The van der Waals surface area contributed by atoms with E-state index in [1.165, 1.54) is 12.3 Å². The van der Waals surface area contributed by atoms with Gasteiger partial charge in [-0.15, -0.1) is 0 Å². The van der Waals surface area contributed by atoms with Gasteiger partial charge in [-0.05, 0) is 30.7 Å². The van der Waals surface area contributed by atoms with Gasteiger partial charge in [-0.3, -0.25) is 0 Å². The Morgan fingerprint density at radius 3 is 2.57 bits per heavy atom. The number of hydrogen-bond donors (Lipinski definition) is 1. The van der Waals surface area contributed by atoms with Crippen LogP contribution in [0.2, 0.25) is 0 Å². The van der Waals surface area contributed by atoms with E-state index in [2.05, 4.69) is 20.3 Å². The Morgan fingerprint density at radius 1 is 1.09 bits per heavy atom. The maximum Gasteiger partial charge on any atom is 0.433 e. The average Bonchev–Trinajstić information content (AvgIpc) is 2.56. The fraction of sp³-hybridized carbons (Fsp3) is 0.267. The highest BCUT2D eigenvalue weighted by atomic mass is 19.4. The van der Waals surface area contributed by atoms with Crippen molar-refractivity contribution in [3.8, 4) is 11.6 Å². The molecule has 3 rings (SSSR count). The van der Waals surface area contributed by atoms with Gasteiger partial charge in [0.05, 0.1) is 6.20 Å². The molecule has 0 spiro atoms. The monoisotopic (exact) mass is 322 g/mol. The van der Waals surface area contributed by atoms with E-state index in [-0.39, 0.29) is 11.6 Å². The molecule has 8 heteroatoms. The second kappa shape index (κ2) is 6.33. The molecule has 0 aliphatic carbocycles. The second-order valence-corrected chi connectivity index (χ2v) is 4.87. The molecule has 0 aromatic carbocycles. The van der Waals surface area contributed by atoms with Crippen molar-refractivity contribution < 1.29 is 17.9 Å². The Bertz CT molecular complexity index is 713. The van der Waals surface area contributed by atoms with Gasteiger partial charge in [0.2, 0.25) is 5.88 Å². The Balaban J connectivity index is 1.84. The molecule has 23 heavy (non-hydrogen) atoms. The van der Waals surface area contributed by atoms with Gasteiger partial charge in [0.25, 0.3) is 0 Å². The van der Waals surface area contributed by atoms with Crippen molar-refractivity contribution in [3.05, 3.63) is 48.2 Å². The minimum atomic E-state index is -4.48. The SMILES string of the molecule is FC(F)(F)c1ccc(Oc2nccnc2C2=CCNCC2)cn1. The highest BCUT2D eigenvalue weighted by molar-refractivity contribution is 5.67. The number of halogens is 3. The summed E-state index contributed by atoms with van der Waals surface area (Å²) in [7, 11) is 0. The van der Waals surface area contributed by atoms with Gasteiger partial charge < -0.3 is 10.1 Å².